The molecule has 0 saturated carbocycles. The van der Waals surface area contributed by atoms with Crippen LogP contribution in [0.2, 0.25) is 25.7 Å². The summed E-state index contributed by atoms with van der Waals surface area (Å²) in [5, 5.41) is 12.4. The minimum absolute atomic E-state index is 0.425. The van der Waals surface area contributed by atoms with E-state index in [1.54, 1.807) is 20.8 Å². The second kappa shape index (κ2) is 9.39. The maximum absolute atomic E-state index is 11.8. The van der Waals surface area contributed by atoms with Crippen LogP contribution in [0.1, 0.15) is 40.0 Å². The zero-order valence-corrected chi connectivity index (χ0v) is 16.4. The van der Waals surface area contributed by atoms with Crippen LogP contribution in [0, 0.1) is 0 Å². The minimum Gasteiger partial charge on any atom is -0.480 e. The monoisotopic (exact) mass is 346 g/mol. The summed E-state index contributed by atoms with van der Waals surface area (Å²) in [5.74, 6) is -1.29. The van der Waals surface area contributed by atoms with Crippen molar-refractivity contribution in [2.75, 3.05) is 6.54 Å². The highest BCUT2D eigenvalue weighted by Crippen LogP contribution is 2.12. The Hall–Kier alpha value is -0.923. The maximum Gasteiger partial charge on any atom is 0.323 e. The maximum atomic E-state index is 11.8. The Morgan fingerprint density at radius 1 is 1.22 bits per heavy atom. The van der Waals surface area contributed by atoms with Gasteiger partial charge < -0.3 is 20.9 Å². The first-order valence-corrected chi connectivity index (χ1v) is 12.0. The number of carbonyl (C=O) groups is 2. The van der Waals surface area contributed by atoms with Gasteiger partial charge in [-0.2, -0.15) is 0 Å². The van der Waals surface area contributed by atoms with Crippen molar-refractivity contribution in [3.8, 4) is 0 Å². The van der Waals surface area contributed by atoms with Crippen LogP contribution in [0.15, 0.2) is 0 Å². The smallest absolute Gasteiger partial charge is 0.323 e. The van der Waals surface area contributed by atoms with E-state index in [2.05, 4.69) is 25.0 Å². The minimum atomic E-state index is -1.18. The SMILES string of the molecule is CC(C)(C)OC(=O)C(N)CCC[C@H](NCC[Si](C)(C)C)C(=O)O. The quantitative estimate of drug-likeness (QED) is 0.414. The molecule has 0 aliphatic heterocycles. The summed E-state index contributed by atoms with van der Waals surface area (Å²) < 4.78 is 5.22. The van der Waals surface area contributed by atoms with Crippen molar-refractivity contribution in [2.45, 2.75) is 83.4 Å². The zero-order valence-electron chi connectivity index (χ0n) is 15.4. The fraction of sp³-hybridized carbons (Fsp3) is 0.875. The van der Waals surface area contributed by atoms with E-state index in [9.17, 15) is 14.7 Å². The first-order chi connectivity index (χ1) is 10.3. The van der Waals surface area contributed by atoms with Gasteiger partial charge in [-0.15, -0.1) is 0 Å². The number of hydrogen-bond donors (Lipinski definition) is 3. The van der Waals surface area contributed by atoms with Gasteiger partial charge in [0.15, 0.2) is 0 Å². The molecule has 0 heterocycles. The van der Waals surface area contributed by atoms with E-state index in [4.69, 9.17) is 10.5 Å². The van der Waals surface area contributed by atoms with Gasteiger partial charge in [-0.3, -0.25) is 9.59 Å². The molecule has 4 N–H and O–H groups in total. The average molecular weight is 347 g/mol. The first-order valence-electron chi connectivity index (χ1n) is 8.26. The molecule has 0 fully saturated rings. The molecule has 0 aliphatic rings. The van der Waals surface area contributed by atoms with Crippen LogP contribution >= 0.6 is 0 Å². The van der Waals surface area contributed by atoms with Gasteiger partial charge in [0.2, 0.25) is 0 Å². The number of hydrogen-bond acceptors (Lipinski definition) is 5. The topological polar surface area (TPSA) is 102 Å². The second-order valence-corrected chi connectivity index (χ2v) is 13.8. The Morgan fingerprint density at radius 3 is 2.22 bits per heavy atom. The first kappa shape index (κ1) is 22.1. The Labute approximate surface area is 141 Å². The molecule has 0 bridgehead atoms. The lowest BCUT2D eigenvalue weighted by atomic mass is 10.1. The molecule has 0 rings (SSSR count). The summed E-state index contributed by atoms with van der Waals surface area (Å²) in [5.41, 5.74) is 5.25. The van der Waals surface area contributed by atoms with Gasteiger partial charge in [0.25, 0.3) is 0 Å². The molecule has 136 valence electrons. The fourth-order valence-electron chi connectivity index (χ4n) is 1.97. The highest BCUT2D eigenvalue weighted by Gasteiger charge is 2.23. The summed E-state index contributed by atoms with van der Waals surface area (Å²) in [6, 6.07) is -0.253. The van der Waals surface area contributed by atoms with Crippen molar-refractivity contribution in [1.29, 1.82) is 0 Å². The number of ether oxygens (including phenoxy) is 1. The molecule has 0 saturated heterocycles. The standard InChI is InChI=1S/C16H34N2O4Si/c1-16(2,3)22-15(21)12(17)8-7-9-13(14(19)20)18-10-11-23(4,5)6/h12-13,18H,7-11,17H2,1-6H3,(H,19,20)/t12?,13-/m0/s1. The molecular formula is C16H34N2O4Si. The van der Waals surface area contributed by atoms with Gasteiger partial charge in [0.05, 0.1) is 0 Å². The van der Waals surface area contributed by atoms with E-state index in [0.29, 0.717) is 25.8 Å². The molecular weight excluding hydrogens is 312 g/mol. The van der Waals surface area contributed by atoms with E-state index in [0.717, 1.165) is 6.04 Å². The van der Waals surface area contributed by atoms with Crippen molar-refractivity contribution in [1.82, 2.24) is 5.32 Å². The number of esters is 1. The van der Waals surface area contributed by atoms with Crippen LogP contribution in [0.25, 0.3) is 0 Å². The zero-order chi connectivity index (χ0) is 18.3. The van der Waals surface area contributed by atoms with Crippen molar-refractivity contribution in [3.05, 3.63) is 0 Å². The van der Waals surface area contributed by atoms with Gasteiger partial charge in [0, 0.05) is 8.07 Å². The van der Waals surface area contributed by atoms with Crippen molar-refractivity contribution in [2.24, 2.45) is 5.73 Å². The van der Waals surface area contributed by atoms with Gasteiger partial charge in [0.1, 0.15) is 17.7 Å². The van der Waals surface area contributed by atoms with Crippen LogP contribution in [-0.4, -0.2) is 49.3 Å². The molecule has 0 amide bonds. The molecule has 0 spiro atoms. The number of nitrogens with one attached hydrogen (secondary N) is 1. The van der Waals surface area contributed by atoms with Crippen molar-refractivity contribution in [3.63, 3.8) is 0 Å². The molecule has 7 heteroatoms. The fourth-order valence-corrected chi connectivity index (χ4v) is 2.87. The van der Waals surface area contributed by atoms with Crippen LogP contribution in [-0.2, 0) is 14.3 Å². The van der Waals surface area contributed by atoms with E-state index in [-0.39, 0.29) is 0 Å². The van der Waals surface area contributed by atoms with Crippen molar-refractivity contribution < 1.29 is 19.4 Å². The van der Waals surface area contributed by atoms with E-state index in [1.807, 2.05) is 0 Å². The lowest BCUT2D eigenvalue weighted by Crippen LogP contribution is -2.40. The molecule has 1 unspecified atom stereocenters. The number of nitrogens with two attached hydrogens (primary N) is 1. The Kier molecular flexibility index (Phi) is 9.01. The number of rotatable bonds is 10. The normalized spacial score (nSPS) is 15.1. The molecule has 0 aromatic carbocycles. The van der Waals surface area contributed by atoms with Crippen LogP contribution in [0.3, 0.4) is 0 Å². The predicted molar refractivity (Wildman–Crippen MR) is 95.3 cm³/mol. The van der Waals surface area contributed by atoms with E-state index < -0.39 is 37.7 Å². The third kappa shape index (κ3) is 12.2. The van der Waals surface area contributed by atoms with Crippen molar-refractivity contribution >= 4 is 20.0 Å². The molecule has 0 aliphatic carbocycles. The van der Waals surface area contributed by atoms with Crippen LogP contribution < -0.4 is 11.1 Å². The number of carboxylic acid groups (broad SMARTS) is 1. The number of aliphatic carboxylic acids is 1. The largest absolute Gasteiger partial charge is 0.480 e. The lowest BCUT2D eigenvalue weighted by molar-refractivity contribution is -0.156. The van der Waals surface area contributed by atoms with Gasteiger partial charge >= 0.3 is 11.9 Å². The third-order valence-electron chi connectivity index (χ3n) is 3.28. The number of carboxylic acids is 1. The summed E-state index contributed by atoms with van der Waals surface area (Å²) >= 11 is 0. The molecule has 6 nitrogen and oxygen atoms in total. The summed E-state index contributed by atoms with van der Waals surface area (Å²) in [7, 11) is -1.18. The molecule has 0 aromatic rings. The van der Waals surface area contributed by atoms with Gasteiger partial charge in [-0.25, -0.2) is 0 Å². The molecule has 0 radical (unpaired) electrons. The van der Waals surface area contributed by atoms with E-state index in [1.165, 1.54) is 0 Å². The molecule has 23 heavy (non-hydrogen) atoms. The lowest BCUT2D eigenvalue weighted by Gasteiger charge is -2.22. The summed E-state index contributed by atoms with van der Waals surface area (Å²) in [6.07, 6.45) is 1.45. The average Bonchev–Trinajstić information content (AvgIpc) is 2.32. The highest BCUT2D eigenvalue weighted by atomic mass is 28.3. The van der Waals surface area contributed by atoms with Gasteiger partial charge in [-0.05, 0) is 52.6 Å². The molecule has 2 atom stereocenters. The third-order valence-corrected chi connectivity index (χ3v) is 5.03. The number of carbonyl (C=O) groups excluding carboxylic acids is 1. The predicted octanol–water partition coefficient (Wildman–Crippen LogP) is 2.21. The summed E-state index contributed by atoms with van der Waals surface area (Å²) in [4.78, 5) is 23.1. The van der Waals surface area contributed by atoms with Crippen LogP contribution in [0.4, 0.5) is 0 Å². The highest BCUT2D eigenvalue weighted by molar-refractivity contribution is 6.76. The van der Waals surface area contributed by atoms with Gasteiger partial charge in [-0.1, -0.05) is 19.6 Å². The second-order valence-electron chi connectivity index (χ2n) is 8.23. The molecule has 0 aromatic heterocycles. The Balaban J connectivity index is 4.18. The summed E-state index contributed by atoms with van der Waals surface area (Å²) in [6.45, 7) is 12.9. The Bertz CT molecular complexity index is 389. The van der Waals surface area contributed by atoms with E-state index >= 15 is 0 Å². The Morgan fingerprint density at radius 2 is 1.78 bits per heavy atom. The van der Waals surface area contributed by atoms with Crippen LogP contribution in [0.5, 0.6) is 0 Å².